The van der Waals surface area contributed by atoms with Crippen molar-refractivity contribution in [1.82, 2.24) is 0 Å². The summed E-state index contributed by atoms with van der Waals surface area (Å²) in [6, 6.07) is 7.42. The number of benzene rings is 1. The minimum absolute atomic E-state index is 0.0875. The van der Waals surface area contributed by atoms with Crippen LogP contribution in [0.5, 0.6) is 5.75 Å². The predicted octanol–water partition coefficient (Wildman–Crippen LogP) is 1.70. The van der Waals surface area contributed by atoms with E-state index in [1.54, 1.807) is 0 Å². The van der Waals surface area contributed by atoms with Crippen molar-refractivity contribution >= 4 is 5.91 Å². The molecule has 0 atom stereocenters. The molecule has 1 aromatic carbocycles. The molecule has 0 aliphatic carbocycles. The third-order valence-corrected chi connectivity index (χ3v) is 1.72. The maximum Gasteiger partial charge on any atom is 0.229 e. The first kappa shape index (κ1) is 12.1. The molecule has 0 aromatic heterocycles. The molecule has 0 spiro atoms. The number of amides is 1. The molecule has 0 radical (unpaired) electrons. The Morgan fingerprint density at radius 2 is 2.00 bits per heavy atom. The van der Waals surface area contributed by atoms with Crippen LogP contribution in [0.3, 0.4) is 0 Å². The van der Waals surface area contributed by atoms with E-state index >= 15 is 0 Å². The van der Waals surface area contributed by atoms with E-state index in [2.05, 4.69) is 11.8 Å². The maximum absolute atomic E-state index is 10.5. The quantitative estimate of drug-likeness (QED) is 0.783. The fourth-order valence-electron chi connectivity index (χ4n) is 1.12. The van der Waals surface area contributed by atoms with E-state index in [1.807, 2.05) is 38.1 Å². The van der Waals surface area contributed by atoms with E-state index in [1.165, 1.54) is 0 Å². The zero-order chi connectivity index (χ0) is 12.0. The van der Waals surface area contributed by atoms with Gasteiger partial charge in [0.2, 0.25) is 5.91 Å². The van der Waals surface area contributed by atoms with Gasteiger partial charge in [-0.2, -0.15) is 0 Å². The first-order valence-corrected chi connectivity index (χ1v) is 5.12. The van der Waals surface area contributed by atoms with E-state index in [4.69, 9.17) is 10.5 Å². The van der Waals surface area contributed by atoms with Crippen LogP contribution in [0, 0.1) is 11.8 Å². The molecule has 0 aliphatic rings. The minimum Gasteiger partial charge on any atom is -0.491 e. The number of primary amides is 1. The summed E-state index contributed by atoms with van der Waals surface area (Å²) in [4.78, 5) is 10.5. The highest BCUT2D eigenvalue weighted by Gasteiger charge is 1.96. The second-order valence-corrected chi connectivity index (χ2v) is 3.64. The van der Waals surface area contributed by atoms with Crippen LogP contribution in [0.2, 0.25) is 0 Å². The summed E-state index contributed by atoms with van der Waals surface area (Å²) in [6.45, 7) is 3.95. The zero-order valence-electron chi connectivity index (χ0n) is 9.49. The van der Waals surface area contributed by atoms with Gasteiger partial charge in [-0.1, -0.05) is 11.8 Å². The Balaban J connectivity index is 2.63. The molecule has 2 N–H and O–H groups in total. The van der Waals surface area contributed by atoms with Crippen molar-refractivity contribution in [2.75, 3.05) is 0 Å². The van der Waals surface area contributed by atoms with Gasteiger partial charge in [0, 0.05) is 5.56 Å². The Bertz CT molecular complexity index is 410. The van der Waals surface area contributed by atoms with Gasteiger partial charge in [-0.25, -0.2) is 0 Å². The molecular weight excluding hydrogens is 202 g/mol. The molecule has 1 rings (SSSR count). The summed E-state index contributed by atoms with van der Waals surface area (Å²) in [7, 11) is 0. The third-order valence-electron chi connectivity index (χ3n) is 1.72. The van der Waals surface area contributed by atoms with Crippen molar-refractivity contribution in [3.8, 4) is 17.6 Å². The van der Waals surface area contributed by atoms with Gasteiger partial charge < -0.3 is 10.5 Å². The van der Waals surface area contributed by atoms with E-state index in [-0.39, 0.29) is 12.5 Å². The molecule has 0 saturated carbocycles. The fourth-order valence-corrected chi connectivity index (χ4v) is 1.12. The molecule has 0 saturated heterocycles. The Morgan fingerprint density at radius 3 is 2.50 bits per heavy atom. The zero-order valence-corrected chi connectivity index (χ0v) is 9.49. The van der Waals surface area contributed by atoms with Crippen molar-refractivity contribution in [1.29, 1.82) is 0 Å². The lowest BCUT2D eigenvalue weighted by Crippen LogP contribution is -2.08. The van der Waals surface area contributed by atoms with Crippen LogP contribution in [0.1, 0.15) is 25.8 Å². The molecule has 16 heavy (non-hydrogen) atoms. The van der Waals surface area contributed by atoms with E-state index in [0.29, 0.717) is 0 Å². The number of nitrogens with two attached hydrogens (primary N) is 1. The van der Waals surface area contributed by atoms with Gasteiger partial charge in [-0.05, 0) is 38.1 Å². The van der Waals surface area contributed by atoms with Gasteiger partial charge in [-0.3, -0.25) is 4.79 Å². The summed E-state index contributed by atoms with van der Waals surface area (Å²) in [6.07, 6.45) is 0.247. The first-order chi connectivity index (χ1) is 7.58. The minimum atomic E-state index is -0.410. The van der Waals surface area contributed by atoms with Crippen LogP contribution in [0.25, 0.3) is 0 Å². The first-order valence-electron chi connectivity index (χ1n) is 5.12. The standard InChI is InChI=1S/C13H15NO2/c1-10(2)16-12-8-6-11(7-9-12)4-3-5-13(14)15/h6-10H,5H2,1-2H3,(H2,14,15). The van der Waals surface area contributed by atoms with Crippen LogP contribution >= 0.6 is 0 Å². The number of hydrogen-bond donors (Lipinski definition) is 1. The van der Waals surface area contributed by atoms with Gasteiger partial charge in [0.05, 0.1) is 12.5 Å². The lowest BCUT2D eigenvalue weighted by molar-refractivity contribution is -0.117. The van der Waals surface area contributed by atoms with Crippen LogP contribution in [0.15, 0.2) is 24.3 Å². The summed E-state index contributed by atoms with van der Waals surface area (Å²) in [5, 5.41) is 0. The SMILES string of the molecule is CC(C)Oc1ccc(C#CCC(N)=O)cc1. The molecule has 0 aliphatic heterocycles. The molecule has 1 aromatic rings. The maximum atomic E-state index is 10.5. The number of hydrogen-bond acceptors (Lipinski definition) is 2. The van der Waals surface area contributed by atoms with Crippen molar-refractivity contribution in [3.05, 3.63) is 29.8 Å². The number of carbonyl (C=O) groups is 1. The van der Waals surface area contributed by atoms with Crippen LogP contribution < -0.4 is 10.5 Å². The van der Waals surface area contributed by atoms with Gasteiger partial charge in [-0.15, -0.1) is 0 Å². The second-order valence-electron chi connectivity index (χ2n) is 3.64. The summed E-state index contributed by atoms with van der Waals surface area (Å²) in [5.41, 5.74) is 5.82. The Kier molecular flexibility index (Phi) is 4.41. The molecule has 3 nitrogen and oxygen atoms in total. The van der Waals surface area contributed by atoms with Crippen molar-refractivity contribution < 1.29 is 9.53 Å². The molecule has 84 valence electrons. The summed E-state index contributed by atoms with van der Waals surface area (Å²) >= 11 is 0. The highest BCUT2D eigenvalue weighted by Crippen LogP contribution is 2.13. The molecule has 1 amide bonds. The molecule has 0 bridgehead atoms. The van der Waals surface area contributed by atoms with Gasteiger partial charge in [0.25, 0.3) is 0 Å². The molecular formula is C13H15NO2. The predicted molar refractivity (Wildman–Crippen MR) is 62.9 cm³/mol. The Hall–Kier alpha value is -1.95. The van der Waals surface area contributed by atoms with Gasteiger partial charge >= 0.3 is 0 Å². The van der Waals surface area contributed by atoms with Gasteiger partial charge in [0.15, 0.2) is 0 Å². The van der Waals surface area contributed by atoms with Crippen molar-refractivity contribution in [3.63, 3.8) is 0 Å². The van der Waals surface area contributed by atoms with E-state index < -0.39 is 5.91 Å². The summed E-state index contributed by atoms with van der Waals surface area (Å²) < 4.78 is 5.49. The molecule has 3 heteroatoms. The molecule has 0 heterocycles. The number of rotatable bonds is 3. The van der Waals surface area contributed by atoms with E-state index in [0.717, 1.165) is 11.3 Å². The fraction of sp³-hybridized carbons (Fsp3) is 0.308. The monoisotopic (exact) mass is 217 g/mol. The average molecular weight is 217 g/mol. The van der Waals surface area contributed by atoms with Crippen molar-refractivity contribution in [2.45, 2.75) is 26.4 Å². The normalized spacial score (nSPS) is 9.44. The number of carbonyl (C=O) groups excluding carboxylic acids is 1. The van der Waals surface area contributed by atoms with E-state index in [9.17, 15) is 4.79 Å². The average Bonchev–Trinajstić information content (AvgIpc) is 2.19. The Labute approximate surface area is 95.6 Å². The van der Waals surface area contributed by atoms with Gasteiger partial charge in [0.1, 0.15) is 5.75 Å². The highest BCUT2D eigenvalue weighted by molar-refractivity contribution is 5.76. The molecule has 0 unspecified atom stereocenters. The smallest absolute Gasteiger partial charge is 0.229 e. The highest BCUT2D eigenvalue weighted by atomic mass is 16.5. The van der Waals surface area contributed by atoms with Crippen LogP contribution in [0.4, 0.5) is 0 Å². The Morgan fingerprint density at radius 1 is 1.38 bits per heavy atom. The second kappa shape index (κ2) is 5.82. The van der Waals surface area contributed by atoms with Crippen molar-refractivity contribution in [2.24, 2.45) is 5.73 Å². The van der Waals surface area contributed by atoms with Crippen LogP contribution in [-0.2, 0) is 4.79 Å². The lowest BCUT2D eigenvalue weighted by atomic mass is 10.2. The largest absolute Gasteiger partial charge is 0.491 e. The topological polar surface area (TPSA) is 52.3 Å². The third kappa shape index (κ3) is 4.52. The number of ether oxygens (including phenoxy) is 1. The van der Waals surface area contributed by atoms with Crippen LogP contribution in [-0.4, -0.2) is 12.0 Å². The lowest BCUT2D eigenvalue weighted by Gasteiger charge is -2.08. The molecule has 0 fully saturated rings. The summed E-state index contributed by atoms with van der Waals surface area (Å²) in [5.74, 6) is 5.95.